The molecule has 1 nitrogen and oxygen atoms in total. The van der Waals surface area contributed by atoms with Crippen LogP contribution in [0.5, 0.6) is 0 Å². The Kier molecular flexibility index (Phi) is 3.91. The molecular formula is C11H6Br2ClOP. The molecule has 2 aromatic rings. The number of hydrogen-bond donors (Lipinski definition) is 0. The topological polar surface area (TPSA) is 17.1 Å². The number of halogens is 3. The Balaban J connectivity index is 2.68. The largest absolute Gasteiger partial charge is 0.275 e. The first-order valence-corrected chi connectivity index (χ1v) is 7.40. The van der Waals surface area contributed by atoms with Gasteiger partial charge < -0.3 is 0 Å². The highest BCUT2D eigenvalue weighted by Crippen LogP contribution is 2.46. The molecule has 1 heterocycles. The van der Waals surface area contributed by atoms with Crippen LogP contribution in [-0.4, -0.2) is 5.24 Å². The van der Waals surface area contributed by atoms with Gasteiger partial charge in [0.05, 0.1) is 5.30 Å². The maximum atomic E-state index is 11.4. The van der Waals surface area contributed by atoms with Crippen molar-refractivity contribution in [2.45, 2.75) is 0 Å². The van der Waals surface area contributed by atoms with E-state index in [9.17, 15) is 4.79 Å². The normalized spacial score (nSPS) is 10.9. The van der Waals surface area contributed by atoms with Gasteiger partial charge in [-0.25, -0.2) is 0 Å². The van der Waals surface area contributed by atoms with Crippen molar-refractivity contribution < 1.29 is 4.79 Å². The summed E-state index contributed by atoms with van der Waals surface area (Å²) in [6, 6.07) is 9.75. The molecule has 1 aromatic heterocycles. The summed E-state index contributed by atoms with van der Waals surface area (Å²) in [7, 11) is 0.288. The van der Waals surface area contributed by atoms with Gasteiger partial charge >= 0.3 is 0 Å². The molecule has 0 aliphatic heterocycles. The van der Waals surface area contributed by atoms with Gasteiger partial charge in [0.15, 0.2) is 0 Å². The SMILES string of the molecule is O=C(Cl)c1[pH]c(Br)c(Br)c1-c1ccccc1. The van der Waals surface area contributed by atoms with E-state index in [4.69, 9.17) is 11.6 Å². The second-order valence-corrected chi connectivity index (χ2v) is 7.05. The van der Waals surface area contributed by atoms with Gasteiger partial charge in [0.2, 0.25) is 0 Å². The van der Waals surface area contributed by atoms with Crippen LogP contribution in [0.15, 0.2) is 39.0 Å². The van der Waals surface area contributed by atoms with Crippen molar-refractivity contribution in [3.8, 4) is 11.1 Å². The number of rotatable bonds is 2. The van der Waals surface area contributed by atoms with Crippen molar-refractivity contribution in [2.75, 3.05) is 0 Å². The monoisotopic (exact) mass is 378 g/mol. The van der Waals surface area contributed by atoms with Crippen molar-refractivity contribution in [3.05, 3.63) is 44.3 Å². The molecule has 0 bridgehead atoms. The summed E-state index contributed by atoms with van der Waals surface area (Å²) >= 11 is 12.5. The summed E-state index contributed by atoms with van der Waals surface area (Å²) < 4.78 is 1.90. The van der Waals surface area contributed by atoms with Crippen LogP contribution in [0.1, 0.15) is 10.1 Å². The number of hydrogen-bond acceptors (Lipinski definition) is 1. The smallest absolute Gasteiger partial charge is 0.256 e. The Morgan fingerprint density at radius 1 is 1.19 bits per heavy atom. The van der Waals surface area contributed by atoms with Crippen LogP contribution >= 0.6 is 51.7 Å². The molecule has 0 aliphatic carbocycles. The Morgan fingerprint density at radius 2 is 1.81 bits per heavy atom. The van der Waals surface area contributed by atoms with Gasteiger partial charge in [-0.2, -0.15) is 0 Å². The van der Waals surface area contributed by atoms with Crippen LogP contribution in [0.4, 0.5) is 0 Å². The predicted molar refractivity (Wildman–Crippen MR) is 77.0 cm³/mol. The van der Waals surface area contributed by atoms with E-state index in [2.05, 4.69) is 31.9 Å². The fourth-order valence-corrected chi connectivity index (χ4v) is 4.35. The molecule has 0 spiro atoms. The second kappa shape index (κ2) is 5.05. The second-order valence-electron chi connectivity index (χ2n) is 3.14. The molecule has 0 saturated carbocycles. The lowest BCUT2D eigenvalue weighted by atomic mass is 10.1. The lowest BCUT2D eigenvalue weighted by Crippen LogP contribution is -1.87. The Bertz CT molecular complexity index is 536. The number of carbonyl (C=O) groups excluding carboxylic acids is 1. The van der Waals surface area contributed by atoms with Gasteiger partial charge in [-0.15, -0.1) is 8.19 Å². The van der Waals surface area contributed by atoms with E-state index >= 15 is 0 Å². The zero-order valence-electron chi connectivity index (χ0n) is 7.93. The van der Waals surface area contributed by atoms with E-state index in [-0.39, 0.29) is 13.4 Å². The Morgan fingerprint density at radius 3 is 2.38 bits per heavy atom. The maximum absolute atomic E-state index is 11.4. The first kappa shape index (κ1) is 12.4. The molecule has 0 fully saturated rings. The molecule has 0 aliphatic rings. The first-order valence-electron chi connectivity index (χ1n) is 4.43. The van der Waals surface area contributed by atoms with Gasteiger partial charge in [0, 0.05) is 14.2 Å². The minimum atomic E-state index is -0.386. The summed E-state index contributed by atoms with van der Waals surface area (Å²) in [6.07, 6.45) is 0. The average Bonchev–Trinajstić information content (AvgIpc) is 2.57. The van der Waals surface area contributed by atoms with Crippen molar-refractivity contribution in [1.82, 2.24) is 0 Å². The van der Waals surface area contributed by atoms with E-state index in [1.165, 1.54) is 0 Å². The molecule has 1 aromatic carbocycles. The third kappa shape index (κ3) is 2.28. The van der Waals surface area contributed by atoms with E-state index in [0.717, 1.165) is 19.8 Å². The summed E-state index contributed by atoms with van der Waals surface area (Å²) in [6.45, 7) is 0. The van der Waals surface area contributed by atoms with Crippen LogP contribution < -0.4 is 0 Å². The summed E-state index contributed by atoms with van der Waals surface area (Å²) in [4.78, 5) is 11.4. The molecule has 82 valence electrons. The highest BCUT2D eigenvalue weighted by atomic mass is 79.9. The van der Waals surface area contributed by atoms with Crippen LogP contribution in [0.25, 0.3) is 11.1 Å². The third-order valence-corrected chi connectivity index (χ3v) is 6.38. The minimum absolute atomic E-state index is 0.288. The van der Waals surface area contributed by atoms with Crippen molar-refractivity contribution in [2.24, 2.45) is 0 Å². The fourth-order valence-electron chi connectivity index (χ4n) is 1.47. The lowest BCUT2D eigenvalue weighted by molar-refractivity contribution is 0.108. The highest BCUT2D eigenvalue weighted by molar-refractivity contribution is 9.13. The van der Waals surface area contributed by atoms with Crippen LogP contribution in [0.3, 0.4) is 0 Å². The predicted octanol–water partition coefficient (Wildman–Crippen LogP) is 5.29. The van der Waals surface area contributed by atoms with E-state index < -0.39 is 0 Å². The van der Waals surface area contributed by atoms with E-state index in [1.807, 2.05) is 30.3 Å². The summed E-state index contributed by atoms with van der Waals surface area (Å²) in [5, 5.41) is 0.273. The molecule has 0 N–H and O–H groups in total. The standard InChI is InChI=1S/C11H6Br2ClOP/c12-8-7(6-4-2-1-3-5-6)9(11(14)15)16-10(8)13/h1-5,16H. The van der Waals surface area contributed by atoms with Crippen molar-refractivity contribution in [1.29, 1.82) is 0 Å². The average molecular weight is 380 g/mol. The number of carbonyl (C=O) groups is 1. The van der Waals surface area contributed by atoms with Crippen LogP contribution in [-0.2, 0) is 0 Å². The molecule has 16 heavy (non-hydrogen) atoms. The van der Waals surface area contributed by atoms with Crippen molar-refractivity contribution >= 4 is 56.9 Å². The van der Waals surface area contributed by atoms with Gasteiger partial charge in [-0.1, -0.05) is 30.3 Å². The quantitative estimate of drug-likeness (QED) is 0.647. The van der Waals surface area contributed by atoms with E-state index in [1.54, 1.807) is 0 Å². The molecule has 0 saturated heterocycles. The molecule has 5 heteroatoms. The Hall–Kier alpha value is -0.0800. The van der Waals surface area contributed by atoms with Gasteiger partial charge in [-0.05, 0) is 49.0 Å². The molecule has 0 radical (unpaired) electrons. The van der Waals surface area contributed by atoms with Gasteiger partial charge in [-0.3, -0.25) is 4.79 Å². The third-order valence-electron chi connectivity index (χ3n) is 2.16. The van der Waals surface area contributed by atoms with Crippen molar-refractivity contribution in [3.63, 3.8) is 0 Å². The number of benzene rings is 1. The molecule has 1 unspecified atom stereocenters. The first-order chi connectivity index (χ1) is 7.61. The minimum Gasteiger partial charge on any atom is -0.275 e. The van der Waals surface area contributed by atoms with Gasteiger partial charge in [0.1, 0.15) is 0 Å². The fraction of sp³-hybridized carbons (Fsp3) is 0. The summed E-state index contributed by atoms with van der Waals surface area (Å²) in [5.41, 5.74) is 1.89. The maximum Gasteiger partial charge on any atom is 0.256 e. The van der Waals surface area contributed by atoms with Gasteiger partial charge in [0.25, 0.3) is 5.24 Å². The molecular weight excluding hydrogens is 374 g/mol. The van der Waals surface area contributed by atoms with E-state index in [0.29, 0.717) is 5.30 Å². The lowest BCUT2D eigenvalue weighted by Gasteiger charge is -2.02. The molecule has 1 atom stereocenters. The zero-order valence-corrected chi connectivity index (χ0v) is 12.9. The molecule has 0 amide bonds. The Labute approximate surface area is 117 Å². The summed E-state index contributed by atoms with van der Waals surface area (Å²) in [5.74, 6) is 0. The van der Waals surface area contributed by atoms with Crippen LogP contribution in [0.2, 0.25) is 0 Å². The molecule has 2 rings (SSSR count). The van der Waals surface area contributed by atoms with Crippen LogP contribution in [0, 0.1) is 0 Å². The zero-order chi connectivity index (χ0) is 11.7. The highest BCUT2D eigenvalue weighted by Gasteiger charge is 2.18.